The average molecular weight is 449 g/mol. The van der Waals surface area contributed by atoms with Crippen molar-refractivity contribution in [3.8, 4) is 0 Å². The van der Waals surface area contributed by atoms with Crippen molar-refractivity contribution in [1.29, 1.82) is 0 Å². The SMILES string of the molecule is CN(C)c1ccc(CNc2ccc(C3Nc4ccccc4C(=O)N3c3ccccc3)cc2)cc1. The third-order valence-corrected chi connectivity index (χ3v) is 6.14. The molecule has 5 rings (SSSR count). The molecule has 1 unspecified atom stereocenters. The Morgan fingerprint density at radius 2 is 1.50 bits per heavy atom. The van der Waals surface area contributed by atoms with E-state index in [1.54, 1.807) is 0 Å². The molecular weight excluding hydrogens is 420 g/mol. The van der Waals surface area contributed by atoms with Crippen LogP contribution in [0.1, 0.15) is 27.7 Å². The fourth-order valence-corrected chi connectivity index (χ4v) is 4.24. The minimum Gasteiger partial charge on any atom is -0.381 e. The van der Waals surface area contributed by atoms with E-state index in [-0.39, 0.29) is 12.1 Å². The van der Waals surface area contributed by atoms with E-state index in [9.17, 15) is 4.79 Å². The zero-order valence-electron chi connectivity index (χ0n) is 19.4. The van der Waals surface area contributed by atoms with Gasteiger partial charge in [0.1, 0.15) is 6.17 Å². The number of carbonyl (C=O) groups is 1. The van der Waals surface area contributed by atoms with Gasteiger partial charge in [-0.05, 0) is 59.7 Å². The van der Waals surface area contributed by atoms with E-state index in [0.29, 0.717) is 5.56 Å². The molecule has 0 saturated carbocycles. The first-order valence-electron chi connectivity index (χ1n) is 11.4. The zero-order valence-corrected chi connectivity index (χ0v) is 19.4. The molecular formula is C29H28N4O. The largest absolute Gasteiger partial charge is 0.381 e. The van der Waals surface area contributed by atoms with Gasteiger partial charge in [0.05, 0.1) is 5.56 Å². The highest BCUT2D eigenvalue weighted by Gasteiger charge is 2.33. The summed E-state index contributed by atoms with van der Waals surface area (Å²) >= 11 is 0. The van der Waals surface area contributed by atoms with Crippen LogP contribution >= 0.6 is 0 Å². The number of nitrogens with one attached hydrogen (secondary N) is 2. The molecule has 1 aliphatic heterocycles. The predicted molar refractivity (Wildman–Crippen MR) is 141 cm³/mol. The number of hydrogen-bond acceptors (Lipinski definition) is 4. The molecule has 170 valence electrons. The smallest absolute Gasteiger partial charge is 0.262 e. The van der Waals surface area contributed by atoms with Crippen molar-refractivity contribution >= 4 is 28.7 Å². The molecule has 5 nitrogen and oxygen atoms in total. The van der Waals surface area contributed by atoms with Gasteiger partial charge in [0, 0.05) is 43.4 Å². The maximum Gasteiger partial charge on any atom is 0.262 e. The second-order valence-electron chi connectivity index (χ2n) is 8.64. The maximum absolute atomic E-state index is 13.5. The minimum atomic E-state index is -0.294. The lowest BCUT2D eigenvalue weighted by atomic mass is 10.0. The number of anilines is 4. The van der Waals surface area contributed by atoms with Crippen molar-refractivity contribution in [3.63, 3.8) is 0 Å². The summed E-state index contributed by atoms with van der Waals surface area (Å²) in [6.45, 7) is 0.747. The summed E-state index contributed by atoms with van der Waals surface area (Å²) in [4.78, 5) is 17.4. The average Bonchev–Trinajstić information content (AvgIpc) is 2.88. The van der Waals surface area contributed by atoms with E-state index < -0.39 is 0 Å². The number of benzene rings is 4. The van der Waals surface area contributed by atoms with Crippen LogP contribution in [0.5, 0.6) is 0 Å². The summed E-state index contributed by atoms with van der Waals surface area (Å²) in [5.74, 6) is -0.00563. The van der Waals surface area contributed by atoms with Gasteiger partial charge in [0.25, 0.3) is 5.91 Å². The lowest BCUT2D eigenvalue weighted by molar-refractivity contribution is 0.0975. The second kappa shape index (κ2) is 9.32. The summed E-state index contributed by atoms with van der Waals surface area (Å²) in [6.07, 6.45) is -0.294. The Hall–Kier alpha value is -4.25. The molecule has 4 aromatic carbocycles. The van der Waals surface area contributed by atoms with Gasteiger partial charge in [0.15, 0.2) is 0 Å². The Bertz CT molecular complexity index is 1270. The first-order chi connectivity index (χ1) is 16.6. The number of amides is 1. The lowest BCUT2D eigenvalue weighted by Gasteiger charge is -2.38. The maximum atomic E-state index is 13.5. The Balaban J connectivity index is 1.37. The van der Waals surface area contributed by atoms with Gasteiger partial charge in [-0.3, -0.25) is 9.69 Å². The van der Waals surface area contributed by atoms with Crippen molar-refractivity contribution in [2.75, 3.05) is 34.5 Å². The molecule has 34 heavy (non-hydrogen) atoms. The summed E-state index contributed by atoms with van der Waals surface area (Å²) in [5, 5.41) is 7.06. The Morgan fingerprint density at radius 1 is 0.824 bits per heavy atom. The highest BCUT2D eigenvalue weighted by atomic mass is 16.2. The fourth-order valence-electron chi connectivity index (χ4n) is 4.24. The molecule has 5 heteroatoms. The molecule has 0 bridgehead atoms. The Kier molecular flexibility index (Phi) is 5.91. The standard InChI is InChI=1S/C29H28N4O/c1-32(2)24-18-12-21(13-19-24)20-30-23-16-14-22(15-17-23)28-31-27-11-7-6-10-26(27)29(34)33(28)25-8-4-3-5-9-25/h3-19,28,30-31H,20H2,1-2H3. The van der Waals surface area contributed by atoms with Crippen molar-refractivity contribution < 1.29 is 4.79 Å². The van der Waals surface area contributed by atoms with Gasteiger partial charge < -0.3 is 15.5 Å². The number of nitrogens with zero attached hydrogens (tertiary/aromatic N) is 2. The summed E-state index contributed by atoms with van der Waals surface area (Å²) < 4.78 is 0. The highest BCUT2D eigenvalue weighted by molar-refractivity contribution is 6.12. The molecule has 1 aliphatic rings. The van der Waals surface area contributed by atoms with E-state index in [4.69, 9.17) is 0 Å². The number of carbonyl (C=O) groups excluding carboxylic acids is 1. The number of hydrogen-bond donors (Lipinski definition) is 2. The summed E-state index contributed by atoms with van der Waals surface area (Å²) in [7, 11) is 4.09. The third-order valence-electron chi connectivity index (χ3n) is 6.14. The van der Waals surface area contributed by atoms with E-state index in [1.165, 1.54) is 11.3 Å². The molecule has 0 fully saturated rings. The van der Waals surface area contributed by atoms with Crippen molar-refractivity contribution in [2.45, 2.75) is 12.7 Å². The lowest BCUT2D eigenvalue weighted by Crippen LogP contribution is -2.43. The number of para-hydroxylation sites is 2. The monoisotopic (exact) mass is 448 g/mol. The summed E-state index contributed by atoms with van der Waals surface area (Å²) in [6, 6.07) is 34.3. The molecule has 0 saturated heterocycles. The van der Waals surface area contributed by atoms with Crippen LogP contribution in [0.15, 0.2) is 103 Å². The van der Waals surface area contributed by atoms with Crippen LogP contribution in [-0.2, 0) is 6.54 Å². The number of fused-ring (bicyclic) bond motifs is 1. The molecule has 0 aromatic heterocycles. The van der Waals surface area contributed by atoms with Crippen LogP contribution in [0.3, 0.4) is 0 Å². The molecule has 4 aromatic rings. The van der Waals surface area contributed by atoms with Crippen molar-refractivity contribution in [1.82, 2.24) is 0 Å². The van der Waals surface area contributed by atoms with Crippen LogP contribution in [0.2, 0.25) is 0 Å². The molecule has 2 N–H and O–H groups in total. The van der Waals surface area contributed by atoms with Crippen molar-refractivity contribution in [2.24, 2.45) is 0 Å². The predicted octanol–water partition coefficient (Wildman–Crippen LogP) is 6.14. The fraction of sp³-hybridized carbons (Fsp3) is 0.138. The zero-order chi connectivity index (χ0) is 23.5. The van der Waals surface area contributed by atoms with Gasteiger partial charge in [-0.1, -0.05) is 54.6 Å². The molecule has 0 aliphatic carbocycles. The van der Waals surface area contributed by atoms with Crippen LogP contribution in [0.4, 0.5) is 22.7 Å². The topological polar surface area (TPSA) is 47.6 Å². The van der Waals surface area contributed by atoms with Gasteiger partial charge in [0.2, 0.25) is 0 Å². The molecule has 0 spiro atoms. The highest BCUT2D eigenvalue weighted by Crippen LogP contribution is 2.36. The molecule has 1 atom stereocenters. The second-order valence-corrected chi connectivity index (χ2v) is 8.64. The molecule has 1 heterocycles. The quantitative estimate of drug-likeness (QED) is 0.372. The van der Waals surface area contributed by atoms with Crippen molar-refractivity contribution in [3.05, 3.63) is 120 Å². The number of rotatable bonds is 6. The van der Waals surface area contributed by atoms with Gasteiger partial charge >= 0.3 is 0 Å². The van der Waals surface area contributed by atoms with Crippen LogP contribution in [-0.4, -0.2) is 20.0 Å². The normalized spacial score (nSPS) is 14.8. The third kappa shape index (κ3) is 4.33. The van der Waals surface area contributed by atoms with E-state index in [1.807, 2.05) is 73.6 Å². The van der Waals surface area contributed by atoms with E-state index in [2.05, 4.69) is 64.1 Å². The first kappa shape index (κ1) is 21.6. The molecule has 1 amide bonds. The van der Waals surface area contributed by atoms with Gasteiger partial charge in [-0.2, -0.15) is 0 Å². The van der Waals surface area contributed by atoms with Crippen LogP contribution in [0.25, 0.3) is 0 Å². The minimum absolute atomic E-state index is 0.00563. The van der Waals surface area contributed by atoms with E-state index >= 15 is 0 Å². The Morgan fingerprint density at radius 3 is 2.21 bits per heavy atom. The van der Waals surface area contributed by atoms with E-state index in [0.717, 1.165) is 29.2 Å². The Labute approximate surface area is 200 Å². The van der Waals surface area contributed by atoms with Gasteiger partial charge in [-0.15, -0.1) is 0 Å². The summed E-state index contributed by atoms with van der Waals surface area (Å²) in [5.41, 5.74) is 6.87. The van der Waals surface area contributed by atoms with Gasteiger partial charge in [-0.25, -0.2) is 0 Å². The van der Waals surface area contributed by atoms with Crippen LogP contribution in [0, 0.1) is 0 Å². The first-order valence-corrected chi connectivity index (χ1v) is 11.4. The van der Waals surface area contributed by atoms with Crippen LogP contribution < -0.4 is 20.4 Å². The molecule has 0 radical (unpaired) electrons.